The lowest BCUT2D eigenvalue weighted by molar-refractivity contribution is -0.965. The minimum atomic E-state index is -3.33. The maximum absolute atomic E-state index is 10.3. The molecule has 1 heterocycles. The molecule has 0 aliphatic carbocycles. The lowest BCUT2D eigenvalue weighted by Crippen LogP contribution is -2.59. The van der Waals surface area contributed by atoms with Gasteiger partial charge in [-0.2, -0.15) is 0 Å². The highest BCUT2D eigenvalue weighted by atomic mass is 16.7. The first-order valence-corrected chi connectivity index (χ1v) is 5.86. The summed E-state index contributed by atoms with van der Waals surface area (Å²) in [6, 6.07) is 0. The van der Waals surface area contributed by atoms with E-state index in [1.54, 1.807) is 0 Å². The van der Waals surface area contributed by atoms with Gasteiger partial charge in [0, 0.05) is 0 Å². The van der Waals surface area contributed by atoms with Crippen LogP contribution in [-0.2, 0) is 0 Å². The molecule has 0 radical (unpaired) electrons. The van der Waals surface area contributed by atoms with E-state index >= 15 is 0 Å². The normalized spacial score (nSPS) is 14.0. The van der Waals surface area contributed by atoms with Crippen LogP contribution in [0.5, 0.6) is 0 Å². The van der Waals surface area contributed by atoms with Gasteiger partial charge < -0.3 is 0 Å². The third kappa shape index (κ3) is 4.90. The van der Waals surface area contributed by atoms with Crippen LogP contribution < -0.4 is 0 Å². The SMILES string of the molecule is CC([N+](=O)[O-])([N+](=O)[O-])[N+](=O)[O-].O=[N+]([O-])N1CN([N+](=O)[O-])CN([N+](=O)[O-])C1. The van der Waals surface area contributed by atoms with Crippen molar-refractivity contribution in [1.29, 1.82) is 0 Å². The average Bonchev–Trinajstić information content (AvgIpc) is 2.53. The summed E-state index contributed by atoms with van der Waals surface area (Å²) in [7, 11) is 0. The lowest BCUT2D eigenvalue weighted by Gasteiger charge is -2.27. The maximum Gasteiger partial charge on any atom is 0.696 e. The molecule has 0 amide bonds. The van der Waals surface area contributed by atoms with Crippen LogP contribution in [0, 0.1) is 60.7 Å². The summed E-state index contributed by atoms with van der Waals surface area (Å²) < 4.78 is 0. The zero-order chi connectivity index (χ0) is 20.8. The van der Waals surface area contributed by atoms with Crippen molar-refractivity contribution in [2.45, 2.75) is 12.7 Å². The zero-order valence-electron chi connectivity index (χ0n) is 12.5. The number of hydrogen-bond acceptors (Lipinski definition) is 12. The Morgan fingerprint density at radius 2 is 0.769 bits per heavy atom. The first kappa shape index (κ1) is 21.8. The molecule has 1 aliphatic rings. The molecule has 21 heteroatoms. The van der Waals surface area contributed by atoms with Gasteiger partial charge in [-0.05, 0) is 0 Å². The predicted octanol–water partition coefficient (Wildman–Crippen LogP) is -2.16. The van der Waals surface area contributed by atoms with E-state index in [-0.39, 0.29) is 0 Å². The van der Waals surface area contributed by atoms with Gasteiger partial charge in [0.25, 0.3) is 0 Å². The standard InChI is InChI=1S/C3H6N6O6.C2H3N3O6/c10-7(11)4-1-5(8(12)13)3-6(2-4)9(14)15;1-2(3(6)7,4(8)9)5(10)11/h1-3H2;1H3. The fourth-order valence-electron chi connectivity index (χ4n) is 1.21. The van der Waals surface area contributed by atoms with Gasteiger partial charge >= 0.3 is 5.79 Å². The van der Waals surface area contributed by atoms with Gasteiger partial charge in [0.15, 0.2) is 36.8 Å². The first-order valence-electron chi connectivity index (χ1n) is 5.86. The third-order valence-electron chi connectivity index (χ3n) is 2.71. The monoisotopic (exact) mass is 387 g/mol. The number of hydrogen-bond donors (Lipinski definition) is 0. The molecule has 1 rings (SSSR count). The third-order valence-corrected chi connectivity index (χ3v) is 2.71. The highest BCUT2D eigenvalue weighted by Crippen LogP contribution is 2.09. The molecule has 1 aliphatic heterocycles. The van der Waals surface area contributed by atoms with Gasteiger partial charge in [-0.3, -0.25) is 30.3 Å². The summed E-state index contributed by atoms with van der Waals surface area (Å²) in [6.45, 7) is -1.47. The van der Waals surface area contributed by atoms with Crippen molar-refractivity contribution in [1.82, 2.24) is 15.0 Å². The molecule has 0 aromatic carbocycles. The summed E-state index contributed by atoms with van der Waals surface area (Å²) >= 11 is 0. The fourth-order valence-corrected chi connectivity index (χ4v) is 1.21. The molecule has 0 saturated carbocycles. The van der Waals surface area contributed by atoms with Crippen LogP contribution in [0.1, 0.15) is 6.92 Å². The predicted molar refractivity (Wildman–Crippen MR) is 70.5 cm³/mol. The molecule has 146 valence electrons. The zero-order valence-corrected chi connectivity index (χ0v) is 12.5. The van der Waals surface area contributed by atoms with E-state index in [2.05, 4.69) is 0 Å². The van der Waals surface area contributed by atoms with Crippen LogP contribution in [0.2, 0.25) is 0 Å². The Kier molecular flexibility index (Phi) is 6.76. The largest absolute Gasteiger partial charge is 0.696 e. The first-order chi connectivity index (χ1) is 11.7. The number of nitrogens with zero attached hydrogens (tertiary/aromatic N) is 9. The highest BCUT2D eigenvalue weighted by molar-refractivity contribution is 4.50. The second-order valence-electron chi connectivity index (χ2n) is 4.40. The molecule has 0 N–H and O–H groups in total. The molecule has 21 nitrogen and oxygen atoms in total. The Morgan fingerprint density at radius 1 is 0.577 bits per heavy atom. The number of hydrazine groups is 3. The molecule has 0 aromatic rings. The van der Waals surface area contributed by atoms with E-state index < -0.39 is 55.7 Å². The summed E-state index contributed by atoms with van der Waals surface area (Å²) in [5.41, 5.74) is 0. The Morgan fingerprint density at radius 3 is 0.846 bits per heavy atom. The van der Waals surface area contributed by atoms with E-state index in [4.69, 9.17) is 0 Å². The second-order valence-corrected chi connectivity index (χ2v) is 4.40. The molecule has 1 saturated heterocycles. The van der Waals surface area contributed by atoms with Crippen LogP contribution in [-0.4, -0.2) is 70.7 Å². The van der Waals surface area contributed by atoms with Gasteiger partial charge in [-0.15, -0.1) is 0 Å². The highest BCUT2D eigenvalue weighted by Gasteiger charge is 2.64. The van der Waals surface area contributed by atoms with E-state index in [1.165, 1.54) is 0 Å². The molecular formula is C5H9N9O12. The van der Waals surface area contributed by atoms with Crippen LogP contribution in [0.15, 0.2) is 0 Å². The minimum absolute atomic E-state index is 0.312. The van der Waals surface area contributed by atoms with Crippen LogP contribution in [0.25, 0.3) is 0 Å². The molecule has 0 unspecified atom stereocenters. The van der Waals surface area contributed by atoms with Gasteiger partial charge in [0.2, 0.25) is 20.0 Å². The van der Waals surface area contributed by atoms with Gasteiger partial charge in [-0.1, -0.05) is 15.0 Å². The summed E-state index contributed by atoms with van der Waals surface area (Å²) in [4.78, 5) is 55.8. The van der Waals surface area contributed by atoms with Crippen molar-refractivity contribution in [3.05, 3.63) is 60.7 Å². The van der Waals surface area contributed by atoms with Gasteiger partial charge in [0.1, 0.15) is 0 Å². The van der Waals surface area contributed by atoms with Crippen LogP contribution in [0.3, 0.4) is 0 Å². The fraction of sp³-hybridized carbons (Fsp3) is 1.00. The minimum Gasteiger partial charge on any atom is -0.253 e. The van der Waals surface area contributed by atoms with Gasteiger partial charge in [-0.25, -0.2) is 30.3 Å². The quantitative estimate of drug-likeness (QED) is 0.266. The summed E-state index contributed by atoms with van der Waals surface area (Å²) in [5.74, 6) is -3.33. The van der Waals surface area contributed by atoms with Crippen LogP contribution in [0.4, 0.5) is 0 Å². The Labute approximate surface area is 139 Å². The van der Waals surface area contributed by atoms with Crippen molar-refractivity contribution in [2.75, 3.05) is 20.0 Å². The summed E-state index contributed by atoms with van der Waals surface area (Å²) in [5, 5.41) is 58.8. The topological polar surface area (TPSA) is 269 Å². The number of nitro groups is 6. The van der Waals surface area contributed by atoms with E-state index in [0.29, 0.717) is 22.0 Å². The van der Waals surface area contributed by atoms with Crippen molar-refractivity contribution in [2.24, 2.45) is 0 Å². The van der Waals surface area contributed by atoms with E-state index in [1.807, 2.05) is 0 Å². The van der Waals surface area contributed by atoms with Crippen molar-refractivity contribution >= 4 is 0 Å². The van der Waals surface area contributed by atoms with Crippen LogP contribution >= 0.6 is 0 Å². The second kappa shape index (κ2) is 8.06. The molecule has 1 fully saturated rings. The molecule has 0 bridgehead atoms. The van der Waals surface area contributed by atoms with E-state index in [0.717, 1.165) is 0 Å². The molecule has 0 atom stereocenters. The number of rotatable bonds is 6. The summed E-state index contributed by atoms with van der Waals surface area (Å²) in [6.07, 6.45) is 0. The lowest BCUT2D eigenvalue weighted by atomic mass is 10.5. The Balaban J connectivity index is 0.000000508. The van der Waals surface area contributed by atoms with E-state index in [9.17, 15) is 60.7 Å². The Hall–Kier alpha value is -4.20. The van der Waals surface area contributed by atoms with Gasteiger partial charge in [0.05, 0.1) is 0 Å². The smallest absolute Gasteiger partial charge is 0.253 e. The maximum atomic E-state index is 10.3. The van der Waals surface area contributed by atoms with Crippen molar-refractivity contribution in [3.8, 4) is 0 Å². The Bertz CT molecular complexity index is 545. The molecule has 0 spiro atoms. The van der Waals surface area contributed by atoms with Crippen molar-refractivity contribution < 1.29 is 29.9 Å². The molecule has 26 heavy (non-hydrogen) atoms. The molecule has 0 aromatic heterocycles. The van der Waals surface area contributed by atoms with Crippen molar-refractivity contribution in [3.63, 3.8) is 0 Å². The average molecular weight is 387 g/mol. The molecular weight excluding hydrogens is 378 g/mol.